The van der Waals surface area contributed by atoms with E-state index >= 15 is 0 Å². The first-order valence-corrected chi connectivity index (χ1v) is 9.83. The molecule has 1 heterocycles. The highest BCUT2D eigenvalue weighted by Crippen LogP contribution is 2.59. The Morgan fingerprint density at radius 3 is 2.33 bits per heavy atom. The maximum absolute atomic E-state index is 12.1. The van der Waals surface area contributed by atoms with Gasteiger partial charge in [0, 0.05) is 11.4 Å². The van der Waals surface area contributed by atoms with Crippen molar-refractivity contribution in [3.63, 3.8) is 0 Å². The molecule has 1 N–H and O–H groups in total. The average Bonchev–Trinajstić information content (AvgIpc) is 2.96. The molecule has 0 aliphatic heterocycles. The highest BCUT2D eigenvalue weighted by Gasteiger charge is 2.50. The van der Waals surface area contributed by atoms with E-state index < -0.39 is 5.97 Å². The minimum Gasteiger partial charge on any atom is -0.451 e. The second kappa shape index (κ2) is 6.17. The molecule has 0 unspecified atom stereocenters. The third-order valence-corrected chi connectivity index (χ3v) is 7.08. The summed E-state index contributed by atoms with van der Waals surface area (Å²) in [6.45, 7) is 2.52. The van der Waals surface area contributed by atoms with Crippen LogP contribution in [0.4, 0.5) is 0 Å². The van der Waals surface area contributed by atoms with Crippen molar-refractivity contribution in [1.29, 1.82) is 0 Å². The second-order valence-corrected chi connectivity index (χ2v) is 9.47. The van der Waals surface area contributed by atoms with Crippen LogP contribution in [-0.4, -0.2) is 25.0 Å². The molecule has 0 spiro atoms. The molecule has 4 aliphatic carbocycles. The second-order valence-electron chi connectivity index (χ2n) is 8.18. The summed E-state index contributed by atoms with van der Waals surface area (Å²) in [5, 5.41) is 3.04. The minimum absolute atomic E-state index is 0.174. The Hall–Kier alpha value is -1.36. The van der Waals surface area contributed by atoms with Crippen LogP contribution in [0.1, 0.15) is 53.1 Å². The monoisotopic (exact) mass is 347 g/mol. The van der Waals surface area contributed by atoms with Gasteiger partial charge < -0.3 is 10.1 Å². The number of aryl methyl sites for hydroxylation is 1. The molecule has 4 saturated carbocycles. The van der Waals surface area contributed by atoms with Gasteiger partial charge in [-0.3, -0.25) is 4.79 Å². The predicted molar refractivity (Wildman–Crippen MR) is 93.0 cm³/mol. The Morgan fingerprint density at radius 2 is 1.79 bits per heavy atom. The molecule has 4 aliphatic rings. The molecular weight excluding hydrogens is 322 g/mol. The number of rotatable bonds is 5. The lowest BCUT2D eigenvalue weighted by atomic mass is 9.49. The van der Waals surface area contributed by atoms with E-state index in [0.29, 0.717) is 10.3 Å². The van der Waals surface area contributed by atoms with Crippen LogP contribution in [-0.2, 0) is 9.53 Å². The highest BCUT2D eigenvalue weighted by molar-refractivity contribution is 7.13. The van der Waals surface area contributed by atoms with Crippen LogP contribution < -0.4 is 5.32 Å². The van der Waals surface area contributed by atoms with Crippen molar-refractivity contribution >= 4 is 23.2 Å². The van der Waals surface area contributed by atoms with E-state index in [9.17, 15) is 9.59 Å². The van der Waals surface area contributed by atoms with Gasteiger partial charge in [0.1, 0.15) is 4.88 Å². The molecule has 0 saturated heterocycles. The quantitative estimate of drug-likeness (QED) is 0.829. The molecule has 4 nitrogen and oxygen atoms in total. The molecule has 0 aromatic carbocycles. The number of thiophene rings is 1. The molecule has 5 heteroatoms. The van der Waals surface area contributed by atoms with Crippen LogP contribution in [0.2, 0.25) is 0 Å². The molecule has 1 amide bonds. The van der Waals surface area contributed by atoms with Gasteiger partial charge in [-0.2, -0.15) is 0 Å². The van der Waals surface area contributed by atoms with Gasteiger partial charge in [-0.15, -0.1) is 11.3 Å². The van der Waals surface area contributed by atoms with Gasteiger partial charge in [-0.1, -0.05) is 0 Å². The maximum atomic E-state index is 12.1. The number of carbonyl (C=O) groups excluding carboxylic acids is 2. The zero-order valence-electron chi connectivity index (χ0n) is 14.2. The molecule has 0 radical (unpaired) electrons. The Balaban J connectivity index is 1.26. The fraction of sp³-hybridized carbons (Fsp3) is 0.684. The summed E-state index contributed by atoms with van der Waals surface area (Å²) >= 11 is 1.39. The topological polar surface area (TPSA) is 55.4 Å². The zero-order valence-corrected chi connectivity index (χ0v) is 15.0. The Bertz CT molecular complexity index is 616. The summed E-state index contributed by atoms with van der Waals surface area (Å²) in [6.07, 6.45) is 8.04. The van der Waals surface area contributed by atoms with Crippen molar-refractivity contribution in [3.8, 4) is 0 Å². The van der Waals surface area contributed by atoms with Gasteiger partial charge in [0.05, 0.1) is 0 Å². The Morgan fingerprint density at radius 1 is 1.17 bits per heavy atom. The SMILES string of the molecule is Cc1ccc(C(=O)OCC(=O)NCC23CC4CC(CC(C4)C2)C3)s1. The number of esters is 1. The first-order valence-electron chi connectivity index (χ1n) is 9.02. The van der Waals surface area contributed by atoms with Gasteiger partial charge in [0.15, 0.2) is 6.61 Å². The standard InChI is InChI=1S/C19H25NO3S/c1-12-2-3-16(24-12)18(22)23-10-17(21)20-11-19-7-13-4-14(8-19)6-15(5-13)9-19/h2-3,13-15H,4-11H2,1H3,(H,20,21). The van der Waals surface area contributed by atoms with E-state index in [1.165, 1.54) is 49.9 Å². The van der Waals surface area contributed by atoms with Crippen molar-refractivity contribution in [1.82, 2.24) is 5.32 Å². The number of ether oxygens (including phenoxy) is 1. The summed E-state index contributed by atoms with van der Waals surface area (Å²) in [6, 6.07) is 3.63. The lowest BCUT2D eigenvalue weighted by molar-refractivity contribution is -0.126. The summed E-state index contributed by atoms with van der Waals surface area (Å²) in [5.74, 6) is 2.07. The van der Waals surface area contributed by atoms with Crippen molar-refractivity contribution in [2.75, 3.05) is 13.2 Å². The molecule has 24 heavy (non-hydrogen) atoms. The summed E-state index contributed by atoms with van der Waals surface area (Å²) in [7, 11) is 0. The molecule has 5 rings (SSSR count). The highest BCUT2D eigenvalue weighted by atomic mass is 32.1. The zero-order chi connectivity index (χ0) is 16.7. The van der Waals surface area contributed by atoms with Crippen LogP contribution in [0.5, 0.6) is 0 Å². The van der Waals surface area contributed by atoms with Gasteiger partial charge >= 0.3 is 5.97 Å². The minimum atomic E-state index is -0.405. The number of carbonyl (C=O) groups is 2. The van der Waals surface area contributed by atoms with Crippen molar-refractivity contribution in [2.45, 2.75) is 45.4 Å². The summed E-state index contributed by atoms with van der Waals surface area (Å²) < 4.78 is 5.13. The summed E-state index contributed by atoms with van der Waals surface area (Å²) in [4.78, 5) is 25.6. The fourth-order valence-electron chi connectivity index (χ4n) is 5.59. The molecule has 0 atom stereocenters. The molecule has 130 valence electrons. The average molecular weight is 347 g/mol. The van der Waals surface area contributed by atoms with Crippen molar-refractivity contribution in [3.05, 3.63) is 21.9 Å². The van der Waals surface area contributed by atoms with Crippen LogP contribution in [0.3, 0.4) is 0 Å². The van der Waals surface area contributed by atoms with Crippen molar-refractivity contribution < 1.29 is 14.3 Å². The molecule has 1 aromatic heterocycles. The maximum Gasteiger partial charge on any atom is 0.348 e. The van der Waals surface area contributed by atoms with E-state index in [4.69, 9.17) is 4.74 Å². The first kappa shape index (κ1) is 16.1. The van der Waals surface area contributed by atoms with Crippen LogP contribution in [0.15, 0.2) is 12.1 Å². The van der Waals surface area contributed by atoms with E-state index in [2.05, 4.69) is 5.32 Å². The van der Waals surface area contributed by atoms with Crippen LogP contribution in [0.25, 0.3) is 0 Å². The van der Waals surface area contributed by atoms with E-state index in [1.54, 1.807) is 6.07 Å². The van der Waals surface area contributed by atoms with Gasteiger partial charge in [-0.25, -0.2) is 4.79 Å². The predicted octanol–water partition coefficient (Wildman–Crippen LogP) is 3.55. The molecule has 4 bridgehead atoms. The number of hydrogen-bond acceptors (Lipinski definition) is 4. The smallest absolute Gasteiger partial charge is 0.348 e. The fourth-order valence-corrected chi connectivity index (χ4v) is 6.35. The number of nitrogens with one attached hydrogen (secondary N) is 1. The Kier molecular flexibility index (Phi) is 4.15. The van der Waals surface area contributed by atoms with Gasteiger partial charge in [0.2, 0.25) is 0 Å². The largest absolute Gasteiger partial charge is 0.451 e. The van der Waals surface area contributed by atoms with E-state index in [1.807, 2.05) is 13.0 Å². The van der Waals surface area contributed by atoms with Crippen LogP contribution >= 0.6 is 11.3 Å². The lowest BCUT2D eigenvalue weighted by Gasteiger charge is -2.56. The van der Waals surface area contributed by atoms with Crippen molar-refractivity contribution in [2.24, 2.45) is 23.2 Å². The summed E-state index contributed by atoms with van der Waals surface area (Å²) in [5.41, 5.74) is 0.319. The number of amides is 1. The van der Waals surface area contributed by atoms with Crippen LogP contribution in [0, 0.1) is 30.1 Å². The number of hydrogen-bond donors (Lipinski definition) is 1. The molecule has 4 fully saturated rings. The molecule has 1 aromatic rings. The van der Waals surface area contributed by atoms with Gasteiger partial charge in [-0.05, 0) is 80.8 Å². The van der Waals surface area contributed by atoms with E-state index in [-0.39, 0.29) is 12.5 Å². The third kappa shape index (κ3) is 3.23. The van der Waals surface area contributed by atoms with Gasteiger partial charge in [0.25, 0.3) is 5.91 Å². The molecular formula is C19H25NO3S. The normalized spacial score (nSPS) is 33.5. The third-order valence-electron chi connectivity index (χ3n) is 6.10. The lowest BCUT2D eigenvalue weighted by Crippen LogP contribution is -2.51. The van der Waals surface area contributed by atoms with E-state index in [0.717, 1.165) is 29.2 Å². The Labute approximate surface area is 147 Å². The first-order chi connectivity index (χ1) is 11.5.